The van der Waals surface area contributed by atoms with Crippen molar-refractivity contribution in [3.05, 3.63) is 18.0 Å². The highest BCUT2D eigenvalue weighted by Crippen LogP contribution is 2.20. The Labute approximate surface area is 121 Å². The Morgan fingerprint density at radius 2 is 2.30 bits per heavy atom. The van der Waals surface area contributed by atoms with Gasteiger partial charge in [0.15, 0.2) is 0 Å². The van der Waals surface area contributed by atoms with Gasteiger partial charge >= 0.3 is 0 Å². The molecule has 0 saturated carbocycles. The van der Waals surface area contributed by atoms with Gasteiger partial charge in [0, 0.05) is 26.3 Å². The van der Waals surface area contributed by atoms with Crippen LogP contribution in [0.25, 0.3) is 0 Å². The van der Waals surface area contributed by atoms with Crippen molar-refractivity contribution < 1.29 is 9.84 Å². The lowest BCUT2D eigenvalue weighted by molar-refractivity contribution is -0.00617. The summed E-state index contributed by atoms with van der Waals surface area (Å²) >= 11 is 0. The molecule has 0 bridgehead atoms. The molecule has 0 aliphatic carbocycles. The van der Waals surface area contributed by atoms with E-state index in [0.29, 0.717) is 12.5 Å². The molecule has 1 aliphatic heterocycles. The van der Waals surface area contributed by atoms with Crippen LogP contribution in [0.3, 0.4) is 0 Å². The van der Waals surface area contributed by atoms with Gasteiger partial charge in [-0.1, -0.05) is 0 Å². The summed E-state index contributed by atoms with van der Waals surface area (Å²) in [6, 6.07) is 0. The van der Waals surface area contributed by atoms with Gasteiger partial charge in [-0.25, -0.2) is 0 Å². The summed E-state index contributed by atoms with van der Waals surface area (Å²) in [5.74, 6) is 0.678. The molecule has 5 nitrogen and oxygen atoms in total. The number of hydrogen-bond acceptors (Lipinski definition) is 4. The molecule has 1 aromatic heterocycles. The van der Waals surface area contributed by atoms with Crippen LogP contribution < -0.4 is 0 Å². The van der Waals surface area contributed by atoms with Crippen molar-refractivity contribution in [2.75, 3.05) is 26.2 Å². The maximum absolute atomic E-state index is 9.96. The van der Waals surface area contributed by atoms with Crippen molar-refractivity contribution in [3.8, 4) is 0 Å². The number of likely N-dealkylation sites (tertiary alicyclic amines) is 1. The van der Waals surface area contributed by atoms with E-state index in [4.69, 9.17) is 4.74 Å². The molecule has 2 rings (SSSR count). The molecule has 1 fully saturated rings. The predicted octanol–water partition coefficient (Wildman–Crippen LogP) is 1.07. The van der Waals surface area contributed by atoms with E-state index < -0.39 is 0 Å². The van der Waals surface area contributed by atoms with Crippen LogP contribution >= 0.6 is 0 Å². The van der Waals surface area contributed by atoms with Crippen molar-refractivity contribution in [2.24, 2.45) is 13.0 Å². The third-order valence-electron chi connectivity index (χ3n) is 3.74. The van der Waals surface area contributed by atoms with Crippen LogP contribution in [0, 0.1) is 5.92 Å². The highest BCUT2D eigenvalue weighted by atomic mass is 16.5. The molecule has 2 unspecified atom stereocenters. The molecule has 2 atom stereocenters. The third-order valence-corrected chi connectivity index (χ3v) is 3.74. The quantitative estimate of drug-likeness (QED) is 0.812. The zero-order chi connectivity index (χ0) is 14.5. The van der Waals surface area contributed by atoms with Gasteiger partial charge in [-0.05, 0) is 44.7 Å². The standard InChI is InChI=1S/C15H27N3O2/c1-12(2)20-11-15(19)10-18-5-4-13(9-18)6-14-7-16-17(3)8-14/h7-8,12-13,15,19H,4-6,9-11H2,1-3H3. The first-order valence-electron chi connectivity index (χ1n) is 7.52. The summed E-state index contributed by atoms with van der Waals surface area (Å²) in [7, 11) is 1.95. The minimum Gasteiger partial charge on any atom is -0.389 e. The average molecular weight is 281 g/mol. The number of β-amino-alcohol motifs (C(OH)–C–C–N with tert-alkyl or cyclic N) is 1. The lowest BCUT2D eigenvalue weighted by atomic mass is 10.0. The Hall–Kier alpha value is -0.910. The molecular formula is C15H27N3O2. The Kier molecular flexibility index (Phi) is 5.57. The van der Waals surface area contributed by atoms with Gasteiger partial charge in [0.25, 0.3) is 0 Å². The van der Waals surface area contributed by atoms with Crippen LogP contribution in [-0.4, -0.2) is 58.2 Å². The van der Waals surface area contributed by atoms with Crippen molar-refractivity contribution in [3.63, 3.8) is 0 Å². The molecule has 0 spiro atoms. The number of aromatic nitrogens is 2. The zero-order valence-corrected chi connectivity index (χ0v) is 12.8. The number of ether oxygens (including phenoxy) is 1. The SMILES string of the molecule is CC(C)OCC(O)CN1CCC(Cc2cnn(C)c2)C1. The second-order valence-corrected chi connectivity index (χ2v) is 6.18. The minimum absolute atomic E-state index is 0.182. The van der Waals surface area contributed by atoms with Gasteiger partial charge in [0.1, 0.15) is 0 Å². The van der Waals surface area contributed by atoms with E-state index in [-0.39, 0.29) is 12.2 Å². The lowest BCUT2D eigenvalue weighted by Gasteiger charge is -2.20. The van der Waals surface area contributed by atoms with E-state index >= 15 is 0 Å². The Morgan fingerprint density at radius 1 is 1.50 bits per heavy atom. The van der Waals surface area contributed by atoms with E-state index in [1.807, 2.05) is 31.8 Å². The van der Waals surface area contributed by atoms with Crippen LogP contribution in [0.15, 0.2) is 12.4 Å². The number of aliphatic hydroxyl groups is 1. The molecule has 114 valence electrons. The number of rotatable bonds is 7. The first-order chi connectivity index (χ1) is 9.52. The maximum atomic E-state index is 9.96. The molecule has 2 heterocycles. The van der Waals surface area contributed by atoms with Crippen molar-refractivity contribution >= 4 is 0 Å². The fraction of sp³-hybridized carbons (Fsp3) is 0.800. The van der Waals surface area contributed by atoms with Crippen molar-refractivity contribution in [1.82, 2.24) is 14.7 Å². The van der Waals surface area contributed by atoms with Crippen LogP contribution in [0.4, 0.5) is 0 Å². The highest BCUT2D eigenvalue weighted by molar-refractivity contribution is 5.05. The summed E-state index contributed by atoms with van der Waals surface area (Å²) < 4.78 is 7.31. The topological polar surface area (TPSA) is 50.5 Å². The van der Waals surface area contributed by atoms with Gasteiger partial charge in [-0.3, -0.25) is 4.68 Å². The maximum Gasteiger partial charge on any atom is 0.0900 e. The smallest absolute Gasteiger partial charge is 0.0900 e. The van der Waals surface area contributed by atoms with E-state index in [2.05, 4.69) is 16.2 Å². The van der Waals surface area contributed by atoms with Gasteiger partial charge in [-0.2, -0.15) is 5.10 Å². The van der Waals surface area contributed by atoms with E-state index in [1.54, 1.807) is 0 Å². The van der Waals surface area contributed by atoms with E-state index in [9.17, 15) is 5.11 Å². The summed E-state index contributed by atoms with van der Waals surface area (Å²) in [6.07, 6.45) is 6.13. The molecule has 0 radical (unpaired) electrons. The fourth-order valence-corrected chi connectivity index (χ4v) is 2.81. The molecule has 1 aliphatic rings. The second kappa shape index (κ2) is 7.20. The van der Waals surface area contributed by atoms with Crippen LogP contribution in [0.2, 0.25) is 0 Å². The van der Waals surface area contributed by atoms with Crippen LogP contribution in [-0.2, 0) is 18.2 Å². The summed E-state index contributed by atoms with van der Waals surface area (Å²) in [6.45, 7) is 7.27. The van der Waals surface area contributed by atoms with Gasteiger partial charge in [0.2, 0.25) is 0 Å². The third kappa shape index (κ3) is 4.89. The first-order valence-corrected chi connectivity index (χ1v) is 7.52. The summed E-state index contributed by atoms with van der Waals surface area (Å²) in [5.41, 5.74) is 1.31. The molecule has 5 heteroatoms. The van der Waals surface area contributed by atoms with Crippen LogP contribution in [0.5, 0.6) is 0 Å². The average Bonchev–Trinajstić information content (AvgIpc) is 2.97. The lowest BCUT2D eigenvalue weighted by Crippen LogP contribution is -2.34. The molecule has 20 heavy (non-hydrogen) atoms. The van der Waals surface area contributed by atoms with Crippen LogP contribution in [0.1, 0.15) is 25.8 Å². The zero-order valence-electron chi connectivity index (χ0n) is 12.8. The Bertz CT molecular complexity index is 406. The summed E-state index contributed by atoms with van der Waals surface area (Å²) in [5, 5.41) is 14.2. The molecule has 0 aromatic carbocycles. The van der Waals surface area contributed by atoms with E-state index in [1.165, 1.54) is 12.0 Å². The highest BCUT2D eigenvalue weighted by Gasteiger charge is 2.24. The van der Waals surface area contributed by atoms with Gasteiger partial charge in [0.05, 0.1) is 25.0 Å². The predicted molar refractivity (Wildman–Crippen MR) is 78.6 cm³/mol. The molecule has 1 aromatic rings. The Balaban J connectivity index is 1.69. The summed E-state index contributed by atoms with van der Waals surface area (Å²) in [4.78, 5) is 2.34. The molecule has 1 N–H and O–H groups in total. The van der Waals surface area contributed by atoms with Crippen molar-refractivity contribution in [1.29, 1.82) is 0 Å². The molecule has 0 amide bonds. The normalized spacial score (nSPS) is 21.8. The van der Waals surface area contributed by atoms with Gasteiger partial charge < -0.3 is 14.7 Å². The second-order valence-electron chi connectivity index (χ2n) is 6.18. The minimum atomic E-state index is -0.380. The number of aliphatic hydroxyl groups excluding tert-OH is 1. The molecule has 1 saturated heterocycles. The molecular weight excluding hydrogens is 254 g/mol. The number of nitrogens with zero attached hydrogens (tertiary/aromatic N) is 3. The largest absolute Gasteiger partial charge is 0.389 e. The van der Waals surface area contributed by atoms with E-state index in [0.717, 1.165) is 26.1 Å². The van der Waals surface area contributed by atoms with Gasteiger partial charge in [-0.15, -0.1) is 0 Å². The first kappa shape index (κ1) is 15.5. The Morgan fingerprint density at radius 3 is 2.95 bits per heavy atom. The number of aryl methyl sites for hydroxylation is 1. The fourth-order valence-electron chi connectivity index (χ4n) is 2.81. The van der Waals surface area contributed by atoms with Crippen molar-refractivity contribution in [2.45, 2.75) is 38.9 Å². The monoisotopic (exact) mass is 281 g/mol. The number of hydrogen-bond donors (Lipinski definition) is 1.